The third kappa shape index (κ3) is 3.48. The molecule has 0 saturated carbocycles. The normalized spacial score (nSPS) is 13.9. The third-order valence-electron chi connectivity index (χ3n) is 6.01. The molecule has 4 aromatic rings. The van der Waals surface area contributed by atoms with Crippen molar-refractivity contribution in [3.05, 3.63) is 66.1 Å². The summed E-state index contributed by atoms with van der Waals surface area (Å²) < 4.78 is 2.11. The summed E-state index contributed by atoms with van der Waals surface area (Å²) in [5, 5.41) is 8.95. The highest BCUT2D eigenvalue weighted by molar-refractivity contribution is 6.03. The molecule has 1 aliphatic heterocycles. The van der Waals surface area contributed by atoms with E-state index in [4.69, 9.17) is 5.10 Å². The molecule has 1 aromatic carbocycles. The van der Waals surface area contributed by atoms with Gasteiger partial charge in [0.05, 0.1) is 11.2 Å². The largest absolute Gasteiger partial charge is 0.350 e. The topological polar surface area (TPSA) is 72.7 Å². The predicted octanol–water partition coefficient (Wildman–Crippen LogP) is 4.63. The van der Waals surface area contributed by atoms with Gasteiger partial charge in [0.2, 0.25) is 0 Å². The van der Waals surface area contributed by atoms with Gasteiger partial charge >= 0.3 is 0 Å². The fraction of sp³-hybridized carbons (Fsp3) is 0.280. The number of rotatable bonds is 5. The van der Waals surface area contributed by atoms with Crippen LogP contribution in [0, 0.1) is 0 Å². The average molecular weight is 412 g/mol. The number of pyridine rings is 2. The van der Waals surface area contributed by atoms with Crippen molar-refractivity contribution in [2.24, 2.45) is 0 Å². The number of hydrogen-bond donors (Lipinski definition) is 1. The highest BCUT2D eigenvalue weighted by Gasteiger charge is 2.25. The Morgan fingerprint density at radius 2 is 2.06 bits per heavy atom. The Labute approximate surface area is 181 Å². The Morgan fingerprint density at radius 1 is 1.16 bits per heavy atom. The van der Waals surface area contributed by atoms with Crippen molar-refractivity contribution >= 4 is 16.8 Å². The number of benzene rings is 1. The lowest BCUT2D eigenvalue weighted by Crippen LogP contribution is -2.31. The number of aromatic nitrogens is 4. The molecule has 4 heterocycles. The molecule has 6 heteroatoms. The Balaban J connectivity index is 1.64. The van der Waals surface area contributed by atoms with E-state index in [2.05, 4.69) is 26.9 Å². The quantitative estimate of drug-likeness (QED) is 0.519. The van der Waals surface area contributed by atoms with E-state index in [1.807, 2.05) is 55.6 Å². The molecule has 1 N–H and O–H groups in total. The predicted molar refractivity (Wildman–Crippen MR) is 122 cm³/mol. The van der Waals surface area contributed by atoms with Gasteiger partial charge in [-0.25, -0.2) is 0 Å². The zero-order valence-corrected chi connectivity index (χ0v) is 17.8. The molecular formula is C25H25N5O. The first-order valence-electron chi connectivity index (χ1n) is 10.9. The molecular weight excluding hydrogens is 386 g/mol. The van der Waals surface area contributed by atoms with Crippen molar-refractivity contribution in [2.45, 2.75) is 45.7 Å². The lowest BCUT2D eigenvalue weighted by atomic mass is 9.96. The van der Waals surface area contributed by atoms with Crippen LogP contribution >= 0.6 is 0 Å². The second kappa shape index (κ2) is 7.95. The molecule has 0 fully saturated rings. The smallest absolute Gasteiger partial charge is 0.251 e. The van der Waals surface area contributed by atoms with E-state index in [1.165, 1.54) is 5.69 Å². The van der Waals surface area contributed by atoms with Crippen LogP contribution in [0.15, 0.2) is 54.9 Å². The van der Waals surface area contributed by atoms with Gasteiger partial charge in [-0.1, -0.05) is 19.1 Å². The second-order valence-electron chi connectivity index (χ2n) is 8.09. The average Bonchev–Trinajstić information content (AvgIpc) is 3.40. The fourth-order valence-electron chi connectivity index (χ4n) is 4.21. The zero-order chi connectivity index (χ0) is 21.4. The van der Waals surface area contributed by atoms with Gasteiger partial charge in [-0.05, 0) is 62.1 Å². The summed E-state index contributed by atoms with van der Waals surface area (Å²) in [6.07, 6.45) is 6.60. The Bertz CT molecular complexity index is 1260. The summed E-state index contributed by atoms with van der Waals surface area (Å²) in [4.78, 5) is 21.7. The first-order valence-corrected chi connectivity index (χ1v) is 10.9. The van der Waals surface area contributed by atoms with E-state index in [0.717, 1.165) is 59.2 Å². The van der Waals surface area contributed by atoms with Crippen LogP contribution in [0.5, 0.6) is 0 Å². The second-order valence-corrected chi connectivity index (χ2v) is 8.09. The van der Waals surface area contributed by atoms with E-state index < -0.39 is 0 Å². The molecule has 1 atom stereocenters. The molecule has 31 heavy (non-hydrogen) atoms. The van der Waals surface area contributed by atoms with E-state index in [0.29, 0.717) is 5.56 Å². The number of carbonyl (C=O) groups excluding carboxylic acids is 1. The monoisotopic (exact) mass is 411 g/mol. The molecule has 156 valence electrons. The number of amides is 1. The number of nitrogens with zero attached hydrogens (tertiary/aromatic N) is 4. The first-order chi connectivity index (χ1) is 15.2. The molecule has 1 aliphatic rings. The minimum absolute atomic E-state index is 0.0657. The van der Waals surface area contributed by atoms with Gasteiger partial charge < -0.3 is 5.32 Å². The van der Waals surface area contributed by atoms with Crippen LogP contribution in [0.4, 0.5) is 0 Å². The molecule has 5 rings (SSSR count). The van der Waals surface area contributed by atoms with Crippen molar-refractivity contribution in [2.75, 3.05) is 0 Å². The van der Waals surface area contributed by atoms with Crippen LogP contribution in [0.25, 0.3) is 33.4 Å². The Hall–Kier alpha value is -3.54. The van der Waals surface area contributed by atoms with Crippen molar-refractivity contribution in [3.63, 3.8) is 0 Å². The van der Waals surface area contributed by atoms with Crippen LogP contribution < -0.4 is 5.32 Å². The highest BCUT2D eigenvalue weighted by Crippen LogP contribution is 2.39. The number of nitrogens with one attached hydrogen (secondary N) is 1. The maximum atomic E-state index is 12.6. The molecule has 0 saturated heterocycles. The van der Waals surface area contributed by atoms with E-state index in [1.54, 1.807) is 6.20 Å². The van der Waals surface area contributed by atoms with Crippen molar-refractivity contribution < 1.29 is 4.79 Å². The summed E-state index contributed by atoms with van der Waals surface area (Å²) in [7, 11) is 0. The van der Waals surface area contributed by atoms with Gasteiger partial charge in [0.15, 0.2) is 0 Å². The molecule has 1 unspecified atom stereocenters. The number of hydrogen-bond acceptors (Lipinski definition) is 4. The van der Waals surface area contributed by atoms with Crippen LogP contribution in [-0.4, -0.2) is 31.7 Å². The van der Waals surface area contributed by atoms with Crippen LogP contribution in [0.3, 0.4) is 0 Å². The van der Waals surface area contributed by atoms with Gasteiger partial charge in [-0.3, -0.25) is 19.4 Å². The Kier molecular flexibility index (Phi) is 4.98. The lowest BCUT2D eigenvalue weighted by molar-refractivity contribution is 0.0939. The highest BCUT2D eigenvalue weighted by atomic mass is 16.1. The Morgan fingerprint density at radius 3 is 2.87 bits per heavy atom. The molecule has 0 radical (unpaired) electrons. The van der Waals surface area contributed by atoms with E-state index in [-0.39, 0.29) is 11.9 Å². The van der Waals surface area contributed by atoms with Gasteiger partial charge in [0, 0.05) is 47.2 Å². The standard InChI is InChI=1S/C25H25N5O/c1-3-16(2)28-25(31)17-9-10-18-19(11-13-27-21(18)15-17)23-22-8-6-14-30(22)29-24(23)20-7-4-5-12-26-20/h4-5,7,9-13,15-16H,3,6,8,14H2,1-2H3,(H,28,31). The SMILES string of the molecule is CCC(C)NC(=O)c1ccc2c(-c3c(-c4ccccn4)nn4c3CCC4)ccnc2c1. The number of fused-ring (bicyclic) bond motifs is 2. The van der Waals surface area contributed by atoms with Crippen LogP contribution in [0.2, 0.25) is 0 Å². The van der Waals surface area contributed by atoms with Crippen molar-refractivity contribution in [1.29, 1.82) is 0 Å². The summed E-state index contributed by atoms with van der Waals surface area (Å²) >= 11 is 0. The zero-order valence-electron chi connectivity index (χ0n) is 17.8. The lowest BCUT2D eigenvalue weighted by Gasteiger charge is -2.13. The summed E-state index contributed by atoms with van der Waals surface area (Å²) in [5.74, 6) is -0.0657. The van der Waals surface area contributed by atoms with Crippen LogP contribution in [0.1, 0.15) is 42.7 Å². The minimum atomic E-state index is -0.0657. The van der Waals surface area contributed by atoms with Gasteiger partial charge in [0.25, 0.3) is 5.91 Å². The van der Waals surface area contributed by atoms with E-state index in [9.17, 15) is 4.79 Å². The maximum Gasteiger partial charge on any atom is 0.251 e. The van der Waals surface area contributed by atoms with Crippen molar-refractivity contribution in [3.8, 4) is 22.5 Å². The molecule has 0 spiro atoms. The fourth-order valence-corrected chi connectivity index (χ4v) is 4.21. The minimum Gasteiger partial charge on any atom is -0.350 e. The van der Waals surface area contributed by atoms with E-state index >= 15 is 0 Å². The summed E-state index contributed by atoms with van der Waals surface area (Å²) in [6.45, 7) is 5.00. The number of aryl methyl sites for hydroxylation is 1. The van der Waals surface area contributed by atoms with Gasteiger partial charge in [-0.15, -0.1) is 0 Å². The first kappa shape index (κ1) is 19.4. The third-order valence-corrected chi connectivity index (χ3v) is 6.01. The summed E-state index contributed by atoms with van der Waals surface area (Å²) in [5.41, 5.74) is 6.66. The number of carbonyl (C=O) groups is 1. The molecule has 1 amide bonds. The van der Waals surface area contributed by atoms with Crippen molar-refractivity contribution in [1.82, 2.24) is 25.1 Å². The molecule has 6 nitrogen and oxygen atoms in total. The molecule has 3 aromatic heterocycles. The van der Waals surface area contributed by atoms with Crippen LogP contribution in [-0.2, 0) is 13.0 Å². The summed E-state index contributed by atoms with van der Waals surface area (Å²) in [6, 6.07) is 13.9. The van der Waals surface area contributed by atoms with Gasteiger partial charge in [0.1, 0.15) is 5.69 Å². The molecule has 0 bridgehead atoms. The maximum absolute atomic E-state index is 12.6. The molecule has 0 aliphatic carbocycles. The van der Waals surface area contributed by atoms with Gasteiger partial charge in [-0.2, -0.15) is 5.10 Å².